The third kappa shape index (κ3) is 6.51. The van der Waals surface area contributed by atoms with Crippen LogP contribution >= 0.6 is 0 Å². The second-order valence-electron chi connectivity index (χ2n) is 7.00. The molecule has 1 aliphatic carbocycles. The van der Waals surface area contributed by atoms with Crippen LogP contribution in [-0.4, -0.2) is 75.0 Å². The number of carbonyl (C=O) groups excluding carboxylic acids is 1. The second-order valence-corrected chi connectivity index (χ2v) is 7.00. The molecule has 3 heterocycles. The van der Waals surface area contributed by atoms with Crippen LogP contribution in [0.2, 0.25) is 0 Å². The highest BCUT2D eigenvalue weighted by atomic mass is 16.1. The maximum absolute atomic E-state index is 11.9. The van der Waals surface area contributed by atoms with Gasteiger partial charge >= 0.3 is 0 Å². The lowest BCUT2D eigenvalue weighted by Gasteiger charge is -2.27. The van der Waals surface area contributed by atoms with Crippen LogP contribution in [0.4, 0.5) is 5.82 Å². The summed E-state index contributed by atoms with van der Waals surface area (Å²) < 4.78 is 0. The topological polar surface area (TPSA) is 94.2 Å². The maximum atomic E-state index is 11.9. The summed E-state index contributed by atoms with van der Waals surface area (Å²) in [5.41, 5.74) is 0.402. The van der Waals surface area contributed by atoms with Crippen molar-refractivity contribution < 1.29 is 4.79 Å². The lowest BCUT2D eigenvalue weighted by atomic mass is 10.3. The fourth-order valence-corrected chi connectivity index (χ4v) is 3.00. The molecule has 0 spiro atoms. The molecule has 0 bridgehead atoms. The number of hydrogen-bond donors (Lipinski definition) is 4. The molecule has 1 amide bonds. The summed E-state index contributed by atoms with van der Waals surface area (Å²) in [5.74, 6) is 1.56. The molecule has 1 aromatic rings. The van der Waals surface area contributed by atoms with Crippen molar-refractivity contribution in [2.75, 3.05) is 63.8 Å². The van der Waals surface area contributed by atoms with Crippen LogP contribution in [0.25, 0.3) is 0 Å². The van der Waals surface area contributed by atoms with Gasteiger partial charge in [0.25, 0.3) is 5.91 Å². The molecule has 8 heteroatoms. The van der Waals surface area contributed by atoms with Crippen molar-refractivity contribution in [3.63, 3.8) is 0 Å². The second kappa shape index (κ2) is 10.4. The number of anilines is 1. The van der Waals surface area contributed by atoms with Gasteiger partial charge in [0, 0.05) is 58.9 Å². The molecular formula is C18H31N7O. The molecule has 1 aromatic heterocycles. The van der Waals surface area contributed by atoms with E-state index >= 15 is 0 Å². The van der Waals surface area contributed by atoms with Gasteiger partial charge in [-0.3, -0.25) is 4.79 Å². The van der Waals surface area contributed by atoms with Gasteiger partial charge in [0.1, 0.15) is 0 Å². The van der Waals surface area contributed by atoms with Crippen LogP contribution in [0, 0.1) is 5.92 Å². The highest BCUT2D eigenvalue weighted by molar-refractivity contribution is 5.92. The molecule has 26 heavy (non-hydrogen) atoms. The van der Waals surface area contributed by atoms with E-state index in [0.29, 0.717) is 5.69 Å². The lowest BCUT2D eigenvalue weighted by Crippen LogP contribution is -2.44. The molecular weight excluding hydrogens is 330 g/mol. The third-order valence-corrected chi connectivity index (χ3v) is 4.82. The molecule has 3 aliphatic rings. The van der Waals surface area contributed by atoms with Gasteiger partial charge in [-0.05, 0) is 24.5 Å². The Hall–Kier alpha value is -1.77. The number of nitrogens with one attached hydrogen (secondary N) is 4. The van der Waals surface area contributed by atoms with Crippen LogP contribution in [0.5, 0.6) is 0 Å². The van der Waals surface area contributed by atoms with Crippen LogP contribution in [0.1, 0.15) is 29.8 Å². The first-order chi connectivity index (χ1) is 12.8. The van der Waals surface area contributed by atoms with E-state index in [1.165, 1.54) is 12.8 Å². The number of piperazine rings is 2. The molecule has 3 fully saturated rings. The monoisotopic (exact) mass is 361 g/mol. The summed E-state index contributed by atoms with van der Waals surface area (Å²) in [6, 6.07) is 3.64. The summed E-state index contributed by atoms with van der Waals surface area (Å²) >= 11 is 0. The molecule has 0 atom stereocenters. The molecule has 8 nitrogen and oxygen atoms in total. The van der Waals surface area contributed by atoms with Crippen molar-refractivity contribution in [3.8, 4) is 0 Å². The zero-order chi connectivity index (χ0) is 18.0. The van der Waals surface area contributed by atoms with Gasteiger partial charge in [-0.1, -0.05) is 12.8 Å². The zero-order valence-electron chi connectivity index (χ0n) is 15.5. The normalized spacial score (nSPS) is 20.1. The number of hydrogen-bond acceptors (Lipinski definition) is 7. The maximum Gasteiger partial charge on any atom is 0.271 e. The van der Waals surface area contributed by atoms with Crippen LogP contribution in [-0.2, 0) is 0 Å². The van der Waals surface area contributed by atoms with E-state index in [9.17, 15) is 4.79 Å². The van der Waals surface area contributed by atoms with Crippen LogP contribution in [0.15, 0.2) is 12.1 Å². The summed E-state index contributed by atoms with van der Waals surface area (Å²) in [5, 5.41) is 20.9. The first kappa shape index (κ1) is 19.0. The molecule has 2 saturated heterocycles. The summed E-state index contributed by atoms with van der Waals surface area (Å²) in [6.45, 7) is 9.09. The van der Waals surface area contributed by atoms with E-state index < -0.39 is 0 Å². The van der Waals surface area contributed by atoms with Gasteiger partial charge in [-0.2, -0.15) is 0 Å². The Kier molecular flexibility index (Phi) is 7.60. The Morgan fingerprint density at radius 2 is 1.65 bits per heavy atom. The minimum absolute atomic E-state index is 0.120. The molecule has 4 rings (SSSR count). The standard InChI is InChI=1S/C14H21N5O.C4H10N2/c20-14(16-6-5-11-1-2-11)12-3-4-13(18-17-12)19-9-7-15-8-10-19;1-2-6-4-3-5-1/h3-4,11,15H,1-2,5-10H2,(H,16,20);5-6H,1-4H2. The molecule has 2 aliphatic heterocycles. The van der Waals surface area contributed by atoms with Crippen molar-refractivity contribution in [1.29, 1.82) is 0 Å². The summed E-state index contributed by atoms with van der Waals surface area (Å²) in [4.78, 5) is 14.1. The third-order valence-electron chi connectivity index (χ3n) is 4.82. The molecule has 144 valence electrons. The van der Waals surface area contributed by atoms with Crippen molar-refractivity contribution >= 4 is 11.7 Å². The Morgan fingerprint density at radius 3 is 2.19 bits per heavy atom. The van der Waals surface area contributed by atoms with E-state index in [1.54, 1.807) is 6.07 Å². The molecule has 1 saturated carbocycles. The van der Waals surface area contributed by atoms with E-state index in [1.807, 2.05) is 6.07 Å². The summed E-state index contributed by atoms with van der Waals surface area (Å²) in [6.07, 6.45) is 3.71. The average molecular weight is 361 g/mol. The Balaban J connectivity index is 0.000000278. The zero-order valence-corrected chi connectivity index (χ0v) is 15.5. The van der Waals surface area contributed by atoms with Gasteiger partial charge in [-0.25, -0.2) is 0 Å². The van der Waals surface area contributed by atoms with Gasteiger partial charge in [-0.15, -0.1) is 10.2 Å². The molecule has 0 radical (unpaired) electrons. The van der Waals surface area contributed by atoms with Gasteiger partial charge in [0.2, 0.25) is 0 Å². The highest BCUT2D eigenvalue weighted by Crippen LogP contribution is 2.31. The summed E-state index contributed by atoms with van der Waals surface area (Å²) in [7, 11) is 0. The van der Waals surface area contributed by atoms with Gasteiger partial charge < -0.3 is 26.2 Å². The van der Waals surface area contributed by atoms with Crippen LogP contribution < -0.4 is 26.2 Å². The Morgan fingerprint density at radius 1 is 1.00 bits per heavy atom. The van der Waals surface area contributed by atoms with E-state index in [-0.39, 0.29) is 5.91 Å². The number of rotatable bonds is 5. The highest BCUT2D eigenvalue weighted by Gasteiger charge is 2.21. The van der Waals surface area contributed by atoms with Crippen molar-refractivity contribution in [3.05, 3.63) is 17.8 Å². The van der Waals surface area contributed by atoms with Crippen molar-refractivity contribution in [2.24, 2.45) is 5.92 Å². The minimum Gasteiger partial charge on any atom is -0.353 e. The Bertz CT molecular complexity index is 525. The van der Waals surface area contributed by atoms with E-state index in [2.05, 4.69) is 36.4 Å². The number of aromatic nitrogens is 2. The molecule has 0 unspecified atom stereocenters. The fraction of sp³-hybridized carbons (Fsp3) is 0.722. The largest absolute Gasteiger partial charge is 0.353 e. The lowest BCUT2D eigenvalue weighted by molar-refractivity contribution is 0.0946. The predicted octanol–water partition coefficient (Wildman–Crippen LogP) is -0.405. The van der Waals surface area contributed by atoms with Gasteiger partial charge in [0.15, 0.2) is 11.5 Å². The van der Waals surface area contributed by atoms with Crippen LogP contribution in [0.3, 0.4) is 0 Å². The average Bonchev–Trinajstić information content (AvgIpc) is 3.55. The minimum atomic E-state index is -0.120. The SMILES string of the molecule is C1CNCCN1.O=C(NCCC1CC1)c1ccc(N2CCNCC2)nn1. The van der Waals surface area contributed by atoms with Crippen molar-refractivity contribution in [2.45, 2.75) is 19.3 Å². The van der Waals surface area contributed by atoms with Crippen molar-refractivity contribution in [1.82, 2.24) is 31.5 Å². The predicted molar refractivity (Wildman–Crippen MR) is 103 cm³/mol. The molecule has 0 aromatic carbocycles. The molecule has 4 N–H and O–H groups in total. The smallest absolute Gasteiger partial charge is 0.271 e. The van der Waals surface area contributed by atoms with Gasteiger partial charge in [0.05, 0.1) is 0 Å². The quantitative estimate of drug-likeness (QED) is 0.567. The number of carbonyl (C=O) groups is 1. The first-order valence-electron chi connectivity index (χ1n) is 9.82. The first-order valence-corrected chi connectivity index (χ1v) is 9.82. The number of amides is 1. The van der Waals surface area contributed by atoms with E-state index in [4.69, 9.17) is 0 Å². The van der Waals surface area contributed by atoms with E-state index in [0.717, 1.165) is 77.1 Å². The fourth-order valence-electron chi connectivity index (χ4n) is 3.00. The Labute approximate surface area is 155 Å². The number of nitrogens with zero attached hydrogens (tertiary/aromatic N) is 3.